The van der Waals surface area contributed by atoms with Crippen molar-refractivity contribution in [3.8, 4) is 11.1 Å². The van der Waals surface area contributed by atoms with Crippen molar-refractivity contribution in [2.75, 3.05) is 0 Å². The number of hydrogen-bond acceptors (Lipinski definition) is 0. The highest BCUT2D eigenvalue weighted by molar-refractivity contribution is 6.30. The van der Waals surface area contributed by atoms with Crippen LogP contribution in [0.15, 0.2) is 48.5 Å². The van der Waals surface area contributed by atoms with Crippen LogP contribution in [0.2, 0.25) is 5.02 Å². The fraction of sp³-hybridized carbons (Fsp3) is 0.143. The molecule has 0 saturated carbocycles. The minimum absolute atomic E-state index is 0.0233. The number of hydrogen-bond donors (Lipinski definition) is 0. The molecule has 0 amide bonds. The van der Waals surface area contributed by atoms with Crippen LogP contribution in [0.25, 0.3) is 11.1 Å². The van der Waals surface area contributed by atoms with Gasteiger partial charge >= 0.3 is 0 Å². The van der Waals surface area contributed by atoms with E-state index in [1.165, 1.54) is 12.1 Å². The van der Waals surface area contributed by atoms with Gasteiger partial charge in [-0.1, -0.05) is 48.0 Å². The van der Waals surface area contributed by atoms with Crippen molar-refractivity contribution in [1.29, 1.82) is 0 Å². The quantitative estimate of drug-likeness (QED) is 0.696. The molecule has 2 aromatic rings. The molecule has 0 aliphatic carbocycles. The Bertz CT molecular complexity index is 495. The second-order valence-electron chi connectivity index (χ2n) is 3.97. The Hall–Kier alpha value is -1.41. The highest BCUT2D eigenvalue weighted by Gasteiger charge is 2.23. The second-order valence-corrected chi connectivity index (χ2v) is 4.41. The summed E-state index contributed by atoms with van der Waals surface area (Å²) in [6.07, 6.45) is 0. The lowest BCUT2D eigenvalue weighted by atomic mass is 10.0. The molecule has 2 aromatic carbocycles. The molecule has 2 rings (SSSR count). The van der Waals surface area contributed by atoms with Gasteiger partial charge in [-0.3, -0.25) is 0 Å². The van der Waals surface area contributed by atoms with Crippen LogP contribution in [0.3, 0.4) is 0 Å². The van der Waals surface area contributed by atoms with E-state index in [0.29, 0.717) is 5.02 Å². The molecule has 0 aliphatic rings. The molecule has 0 saturated heterocycles. The zero-order valence-electron chi connectivity index (χ0n) is 9.25. The summed E-state index contributed by atoms with van der Waals surface area (Å²) in [5.41, 5.74) is 1.88. The van der Waals surface area contributed by atoms with Gasteiger partial charge in [0, 0.05) is 17.5 Å². The molecule has 0 radical (unpaired) electrons. The summed E-state index contributed by atoms with van der Waals surface area (Å²) in [6.45, 7) is 0.893. The number of alkyl halides is 2. The summed E-state index contributed by atoms with van der Waals surface area (Å²) in [4.78, 5) is 0. The molecule has 0 unspecified atom stereocenters. The second kappa shape index (κ2) is 4.46. The van der Waals surface area contributed by atoms with Gasteiger partial charge in [-0.15, -0.1) is 0 Å². The molecule has 0 atom stereocenters. The van der Waals surface area contributed by atoms with E-state index in [-0.39, 0.29) is 5.56 Å². The Balaban J connectivity index is 2.33. The van der Waals surface area contributed by atoms with E-state index >= 15 is 0 Å². The van der Waals surface area contributed by atoms with Crippen LogP contribution in [0, 0.1) is 0 Å². The standard InChI is InChI=1S/C14H11ClF2/c1-14(16,17)12-6-2-10(3-7-12)11-4-8-13(15)9-5-11/h2-9H,1H3. The van der Waals surface area contributed by atoms with Gasteiger partial charge in [0.05, 0.1) is 0 Å². The first kappa shape index (κ1) is 12.1. The molecule has 0 spiro atoms. The molecule has 0 heterocycles. The fourth-order valence-corrected chi connectivity index (χ4v) is 1.72. The number of rotatable bonds is 2. The van der Waals surface area contributed by atoms with E-state index < -0.39 is 5.92 Å². The molecule has 0 aromatic heterocycles. The molecule has 0 fully saturated rings. The summed E-state index contributed by atoms with van der Waals surface area (Å²) >= 11 is 5.79. The van der Waals surface area contributed by atoms with Crippen LogP contribution in [-0.2, 0) is 5.92 Å². The molecule has 0 bridgehead atoms. The van der Waals surface area contributed by atoms with Gasteiger partial charge in [-0.05, 0) is 23.3 Å². The minimum Gasteiger partial charge on any atom is -0.202 e. The average Bonchev–Trinajstić information content (AvgIpc) is 2.29. The van der Waals surface area contributed by atoms with Crippen LogP contribution in [-0.4, -0.2) is 0 Å². The Kier molecular flexibility index (Phi) is 3.16. The van der Waals surface area contributed by atoms with Gasteiger partial charge in [0.2, 0.25) is 0 Å². The zero-order chi connectivity index (χ0) is 12.5. The van der Waals surface area contributed by atoms with Crippen LogP contribution in [0.1, 0.15) is 12.5 Å². The van der Waals surface area contributed by atoms with Crippen molar-refractivity contribution < 1.29 is 8.78 Å². The lowest BCUT2D eigenvalue weighted by Gasteiger charge is -2.11. The van der Waals surface area contributed by atoms with Crippen molar-refractivity contribution >= 4 is 11.6 Å². The zero-order valence-corrected chi connectivity index (χ0v) is 10.0. The maximum atomic E-state index is 13.0. The van der Waals surface area contributed by atoms with Gasteiger partial charge in [0.15, 0.2) is 0 Å². The number of halogens is 3. The van der Waals surface area contributed by atoms with Gasteiger partial charge in [0.1, 0.15) is 0 Å². The lowest BCUT2D eigenvalue weighted by Crippen LogP contribution is -2.06. The van der Waals surface area contributed by atoms with E-state index in [4.69, 9.17) is 11.6 Å². The predicted molar refractivity (Wildman–Crippen MR) is 66.5 cm³/mol. The first-order valence-corrected chi connectivity index (χ1v) is 5.59. The van der Waals surface area contributed by atoms with E-state index in [1.807, 2.05) is 12.1 Å². The van der Waals surface area contributed by atoms with Gasteiger partial charge in [-0.25, -0.2) is 8.78 Å². The van der Waals surface area contributed by atoms with E-state index in [1.54, 1.807) is 24.3 Å². The van der Waals surface area contributed by atoms with Gasteiger partial charge < -0.3 is 0 Å². The summed E-state index contributed by atoms with van der Waals surface area (Å²) in [5.74, 6) is -2.79. The van der Waals surface area contributed by atoms with Crippen LogP contribution >= 0.6 is 11.6 Å². The molecule has 3 heteroatoms. The summed E-state index contributed by atoms with van der Waals surface area (Å²) < 4.78 is 26.0. The Morgan fingerprint density at radius 2 is 1.24 bits per heavy atom. The van der Waals surface area contributed by atoms with Gasteiger partial charge in [0.25, 0.3) is 5.92 Å². The Morgan fingerprint density at radius 3 is 1.65 bits per heavy atom. The minimum atomic E-state index is -2.79. The SMILES string of the molecule is CC(F)(F)c1ccc(-c2ccc(Cl)cc2)cc1. The molecular weight excluding hydrogens is 242 g/mol. The molecule has 0 N–H and O–H groups in total. The average molecular weight is 253 g/mol. The highest BCUT2D eigenvalue weighted by atomic mass is 35.5. The van der Waals surface area contributed by atoms with Crippen molar-refractivity contribution in [1.82, 2.24) is 0 Å². The largest absolute Gasteiger partial charge is 0.270 e. The topological polar surface area (TPSA) is 0 Å². The highest BCUT2D eigenvalue weighted by Crippen LogP contribution is 2.29. The van der Waals surface area contributed by atoms with Crippen molar-refractivity contribution in [2.45, 2.75) is 12.8 Å². The van der Waals surface area contributed by atoms with Gasteiger partial charge in [-0.2, -0.15) is 0 Å². The normalized spacial score (nSPS) is 11.5. The maximum Gasteiger partial charge on any atom is 0.270 e. The Morgan fingerprint density at radius 1 is 0.824 bits per heavy atom. The Labute approximate surface area is 104 Å². The third-order valence-electron chi connectivity index (χ3n) is 2.57. The molecule has 88 valence electrons. The van der Waals surface area contributed by atoms with Crippen molar-refractivity contribution in [3.63, 3.8) is 0 Å². The van der Waals surface area contributed by atoms with Crippen molar-refractivity contribution in [3.05, 3.63) is 59.1 Å². The molecular formula is C14H11ClF2. The lowest BCUT2D eigenvalue weighted by molar-refractivity contribution is 0.0175. The number of benzene rings is 2. The first-order valence-electron chi connectivity index (χ1n) is 5.21. The smallest absolute Gasteiger partial charge is 0.202 e. The predicted octanol–water partition coefficient (Wildman–Crippen LogP) is 5.12. The third-order valence-corrected chi connectivity index (χ3v) is 2.82. The molecule has 17 heavy (non-hydrogen) atoms. The maximum absolute atomic E-state index is 13.0. The van der Waals surface area contributed by atoms with Crippen molar-refractivity contribution in [2.24, 2.45) is 0 Å². The summed E-state index contributed by atoms with van der Waals surface area (Å²) in [6, 6.07) is 13.6. The van der Waals surface area contributed by atoms with Crippen LogP contribution in [0.5, 0.6) is 0 Å². The van der Waals surface area contributed by atoms with Crippen LogP contribution in [0.4, 0.5) is 8.78 Å². The monoisotopic (exact) mass is 252 g/mol. The fourth-order valence-electron chi connectivity index (χ4n) is 1.60. The first-order chi connectivity index (χ1) is 7.97. The summed E-state index contributed by atoms with van der Waals surface area (Å²) in [7, 11) is 0. The molecule has 0 aliphatic heterocycles. The van der Waals surface area contributed by atoms with E-state index in [2.05, 4.69) is 0 Å². The molecule has 0 nitrogen and oxygen atoms in total. The summed E-state index contributed by atoms with van der Waals surface area (Å²) in [5, 5.41) is 0.658. The van der Waals surface area contributed by atoms with E-state index in [0.717, 1.165) is 18.1 Å². The van der Waals surface area contributed by atoms with E-state index in [9.17, 15) is 8.78 Å². The van der Waals surface area contributed by atoms with Crippen LogP contribution < -0.4 is 0 Å². The third kappa shape index (κ3) is 2.83.